The van der Waals surface area contributed by atoms with Crippen LogP contribution in [-0.4, -0.2) is 18.4 Å². The molecule has 6 nitrogen and oxygen atoms in total. The fraction of sp³-hybridized carbons (Fsp3) is 0. The van der Waals surface area contributed by atoms with E-state index in [1.807, 2.05) is 0 Å². The monoisotopic (exact) mass is 362 g/mol. The first kappa shape index (κ1) is 14.0. The molecule has 0 unspecified atom stereocenters. The van der Waals surface area contributed by atoms with Crippen molar-refractivity contribution in [1.82, 2.24) is 9.97 Å². The molecule has 0 aliphatic rings. The molecule has 0 amide bonds. The number of rotatable bonds is 3. The number of anilines is 2. The molecule has 0 atom stereocenters. The van der Waals surface area contributed by atoms with E-state index in [1.54, 1.807) is 0 Å². The lowest BCUT2D eigenvalue weighted by Crippen LogP contribution is -2.15. The first-order chi connectivity index (χ1) is 8.88. The van der Waals surface area contributed by atoms with E-state index >= 15 is 0 Å². The van der Waals surface area contributed by atoms with Crippen LogP contribution in [0.2, 0.25) is 5.02 Å². The van der Waals surface area contributed by atoms with Gasteiger partial charge in [0.15, 0.2) is 5.82 Å². The zero-order chi connectivity index (χ0) is 14.0. The minimum atomic E-state index is -3.83. The molecular weight excluding hydrogens is 356 g/mol. The molecule has 0 saturated carbocycles. The van der Waals surface area contributed by atoms with Gasteiger partial charge in [-0.05, 0) is 34.1 Å². The van der Waals surface area contributed by atoms with Gasteiger partial charge in [-0.15, -0.1) is 0 Å². The summed E-state index contributed by atoms with van der Waals surface area (Å²) < 4.78 is 27.0. The van der Waals surface area contributed by atoms with Crippen molar-refractivity contribution in [3.8, 4) is 0 Å². The molecule has 2 rings (SSSR count). The predicted octanol–water partition coefficient (Wildman–Crippen LogP) is 2.28. The van der Waals surface area contributed by atoms with Crippen LogP contribution in [0.3, 0.4) is 0 Å². The van der Waals surface area contributed by atoms with Crippen molar-refractivity contribution in [2.24, 2.45) is 0 Å². The van der Waals surface area contributed by atoms with Crippen molar-refractivity contribution in [3.63, 3.8) is 0 Å². The van der Waals surface area contributed by atoms with E-state index in [4.69, 9.17) is 17.3 Å². The summed E-state index contributed by atoms with van der Waals surface area (Å²) in [6.45, 7) is 0. The normalized spacial score (nSPS) is 11.3. The molecule has 0 radical (unpaired) electrons. The summed E-state index contributed by atoms with van der Waals surface area (Å²) in [4.78, 5) is 7.67. The van der Waals surface area contributed by atoms with E-state index in [1.165, 1.54) is 30.6 Å². The van der Waals surface area contributed by atoms with Crippen LogP contribution in [-0.2, 0) is 10.0 Å². The van der Waals surface area contributed by atoms with Crippen molar-refractivity contribution in [1.29, 1.82) is 0 Å². The number of sulfonamides is 1. The van der Waals surface area contributed by atoms with Gasteiger partial charge < -0.3 is 5.73 Å². The highest BCUT2D eigenvalue weighted by Gasteiger charge is 2.18. The minimum Gasteiger partial charge on any atom is -0.398 e. The fourth-order valence-electron chi connectivity index (χ4n) is 1.32. The Hall–Kier alpha value is -1.38. The van der Waals surface area contributed by atoms with Crippen molar-refractivity contribution in [3.05, 3.63) is 40.2 Å². The standard InChI is InChI=1S/C10H8BrClN4O2S/c11-9-4-15-10(5-14-9)16-19(17,18)8-2-1-6(12)3-7(8)13/h1-5H,13H2,(H,15,16). The smallest absolute Gasteiger partial charge is 0.265 e. The van der Waals surface area contributed by atoms with Crippen molar-refractivity contribution in [2.75, 3.05) is 10.5 Å². The van der Waals surface area contributed by atoms with Gasteiger partial charge in [-0.3, -0.25) is 4.72 Å². The summed E-state index contributed by atoms with van der Waals surface area (Å²) in [6.07, 6.45) is 2.66. The summed E-state index contributed by atoms with van der Waals surface area (Å²) in [6, 6.07) is 4.13. The maximum Gasteiger partial charge on any atom is 0.265 e. The topological polar surface area (TPSA) is 98.0 Å². The number of benzene rings is 1. The van der Waals surface area contributed by atoms with Gasteiger partial charge in [0, 0.05) is 5.02 Å². The van der Waals surface area contributed by atoms with Crippen LogP contribution in [0, 0.1) is 0 Å². The highest BCUT2D eigenvalue weighted by Crippen LogP contribution is 2.24. The van der Waals surface area contributed by atoms with Crippen LogP contribution in [0.1, 0.15) is 0 Å². The second-order valence-corrected chi connectivity index (χ2v) is 6.41. The van der Waals surface area contributed by atoms with E-state index < -0.39 is 10.0 Å². The van der Waals surface area contributed by atoms with Gasteiger partial charge in [-0.25, -0.2) is 18.4 Å². The van der Waals surface area contributed by atoms with Crippen molar-refractivity contribution < 1.29 is 8.42 Å². The molecule has 0 bridgehead atoms. The molecular formula is C10H8BrClN4O2S. The molecule has 1 aromatic carbocycles. The summed E-state index contributed by atoms with van der Waals surface area (Å²) in [5.41, 5.74) is 5.70. The lowest BCUT2D eigenvalue weighted by atomic mass is 10.3. The average molecular weight is 364 g/mol. The molecule has 3 N–H and O–H groups in total. The first-order valence-corrected chi connectivity index (χ1v) is 7.59. The fourth-order valence-corrected chi connectivity index (χ4v) is 2.81. The third-order valence-corrected chi connectivity index (χ3v) is 4.19. The van der Waals surface area contributed by atoms with E-state index in [0.29, 0.717) is 9.63 Å². The van der Waals surface area contributed by atoms with Crippen LogP contribution in [0.5, 0.6) is 0 Å². The van der Waals surface area contributed by atoms with E-state index in [2.05, 4.69) is 30.6 Å². The number of nitrogens with one attached hydrogen (secondary N) is 1. The number of hydrogen-bond donors (Lipinski definition) is 2. The SMILES string of the molecule is Nc1cc(Cl)ccc1S(=O)(=O)Nc1cnc(Br)cn1. The Balaban J connectivity index is 2.35. The van der Waals surface area contributed by atoms with Gasteiger partial charge in [-0.2, -0.15) is 0 Å². The molecule has 0 saturated heterocycles. The highest BCUT2D eigenvalue weighted by molar-refractivity contribution is 9.10. The first-order valence-electron chi connectivity index (χ1n) is 4.94. The van der Waals surface area contributed by atoms with E-state index in [-0.39, 0.29) is 16.4 Å². The van der Waals surface area contributed by atoms with Gasteiger partial charge in [-0.1, -0.05) is 11.6 Å². The van der Waals surface area contributed by atoms with Crippen LogP contribution in [0.4, 0.5) is 11.5 Å². The van der Waals surface area contributed by atoms with Gasteiger partial charge in [0.2, 0.25) is 0 Å². The van der Waals surface area contributed by atoms with E-state index in [9.17, 15) is 8.42 Å². The second kappa shape index (κ2) is 5.32. The van der Waals surface area contributed by atoms with Crippen LogP contribution in [0.25, 0.3) is 0 Å². The number of halogens is 2. The van der Waals surface area contributed by atoms with Crippen LogP contribution < -0.4 is 10.5 Å². The quantitative estimate of drug-likeness (QED) is 0.815. The Labute approximate surface area is 123 Å². The maximum absolute atomic E-state index is 12.1. The molecule has 0 aliphatic heterocycles. The summed E-state index contributed by atoms with van der Waals surface area (Å²) in [5, 5.41) is 0.361. The predicted molar refractivity (Wildman–Crippen MR) is 76.4 cm³/mol. The van der Waals surface area contributed by atoms with Gasteiger partial charge in [0.05, 0.1) is 18.1 Å². The largest absolute Gasteiger partial charge is 0.398 e. The van der Waals surface area contributed by atoms with Gasteiger partial charge in [0.25, 0.3) is 10.0 Å². The number of hydrogen-bond acceptors (Lipinski definition) is 5. The van der Waals surface area contributed by atoms with Crippen LogP contribution in [0.15, 0.2) is 40.1 Å². The minimum absolute atomic E-state index is 0.0603. The summed E-state index contributed by atoms with van der Waals surface area (Å²) in [5.74, 6) is 0.0950. The van der Waals surface area contributed by atoms with Gasteiger partial charge in [0.1, 0.15) is 9.50 Å². The molecule has 0 fully saturated rings. The number of nitrogens with zero attached hydrogens (tertiary/aromatic N) is 2. The van der Waals surface area contributed by atoms with Gasteiger partial charge >= 0.3 is 0 Å². The molecule has 1 aromatic heterocycles. The Bertz CT molecular complexity index is 706. The zero-order valence-corrected chi connectivity index (χ0v) is 12.5. The lowest BCUT2D eigenvalue weighted by molar-refractivity contribution is 0.601. The summed E-state index contributed by atoms with van der Waals surface area (Å²) >= 11 is 8.83. The number of nitrogen functional groups attached to an aromatic ring is 1. The lowest BCUT2D eigenvalue weighted by Gasteiger charge is -2.09. The third kappa shape index (κ3) is 3.34. The second-order valence-electron chi connectivity index (χ2n) is 3.51. The molecule has 0 spiro atoms. The van der Waals surface area contributed by atoms with Crippen LogP contribution >= 0.6 is 27.5 Å². The average Bonchev–Trinajstić information content (AvgIpc) is 2.31. The molecule has 1 heterocycles. The molecule has 2 aromatic rings. The van der Waals surface area contributed by atoms with Crippen molar-refractivity contribution in [2.45, 2.75) is 4.90 Å². The Morgan fingerprint density at radius 1 is 1.26 bits per heavy atom. The Morgan fingerprint density at radius 2 is 2.00 bits per heavy atom. The number of aromatic nitrogens is 2. The maximum atomic E-state index is 12.1. The van der Waals surface area contributed by atoms with Crippen molar-refractivity contribution >= 4 is 49.1 Å². The third-order valence-electron chi connectivity index (χ3n) is 2.12. The highest BCUT2D eigenvalue weighted by atomic mass is 79.9. The Morgan fingerprint density at radius 3 is 2.58 bits per heavy atom. The van der Waals surface area contributed by atoms with E-state index in [0.717, 1.165) is 0 Å². The molecule has 100 valence electrons. The number of nitrogens with two attached hydrogens (primary N) is 1. The molecule has 19 heavy (non-hydrogen) atoms. The molecule has 0 aliphatic carbocycles. The molecule has 9 heteroatoms. The summed E-state index contributed by atoms with van der Waals surface area (Å²) in [7, 11) is -3.83. The Kier molecular flexibility index (Phi) is 3.93. The zero-order valence-electron chi connectivity index (χ0n) is 9.34.